The molecule has 0 aliphatic heterocycles. The van der Waals surface area contributed by atoms with E-state index in [9.17, 15) is 18.4 Å². The summed E-state index contributed by atoms with van der Waals surface area (Å²) in [5.41, 5.74) is 1.60. The highest BCUT2D eigenvalue weighted by atomic mass is 19.1. The van der Waals surface area contributed by atoms with Crippen molar-refractivity contribution in [3.63, 3.8) is 0 Å². The Morgan fingerprint density at radius 2 is 0.976 bits per heavy atom. The Labute approximate surface area is 235 Å². The van der Waals surface area contributed by atoms with Gasteiger partial charge in [-0.25, -0.2) is 18.4 Å². The molecule has 0 aliphatic carbocycles. The highest BCUT2D eigenvalue weighted by molar-refractivity contribution is 5.89. The van der Waals surface area contributed by atoms with Crippen LogP contribution in [0.1, 0.15) is 20.7 Å². The third-order valence-electron chi connectivity index (χ3n) is 5.80. The molecular formula is C30H18F2N4O6. The first kappa shape index (κ1) is 27.5. The van der Waals surface area contributed by atoms with Gasteiger partial charge in [-0.15, -0.1) is 0 Å². The third kappa shape index (κ3) is 6.07. The molecule has 0 bridgehead atoms. The van der Waals surface area contributed by atoms with Crippen molar-refractivity contribution in [1.29, 1.82) is 0 Å². The summed E-state index contributed by atoms with van der Waals surface area (Å²) in [5, 5.41) is 25.4. The zero-order valence-corrected chi connectivity index (χ0v) is 21.3. The molecule has 208 valence electrons. The fraction of sp³-hybridized carbons (Fsp3) is 0. The lowest BCUT2D eigenvalue weighted by molar-refractivity contribution is 0.0686. The number of aromatic carboxylic acids is 2. The van der Waals surface area contributed by atoms with Crippen LogP contribution in [-0.4, -0.2) is 42.4 Å². The van der Waals surface area contributed by atoms with Gasteiger partial charge >= 0.3 is 11.9 Å². The summed E-state index contributed by atoms with van der Waals surface area (Å²) in [4.78, 5) is 30.1. The fourth-order valence-corrected chi connectivity index (χ4v) is 3.75. The highest BCUT2D eigenvalue weighted by Gasteiger charge is 2.16. The molecule has 0 saturated heterocycles. The van der Waals surface area contributed by atoms with Crippen molar-refractivity contribution in [2.24, 2.45) is 0 Å². The first-order chi connectivity index (χ1) is 20.3. The van der Waals surface area contributed by atoms with Crippen molar-refractivity contribution in [3.8, 4) is 45.7 Å². The van der Waals surface area contributed by atoms with E-state index < -0.39 is 23.6 Å². The second kappa shape index (κ2) is 12.0. The standard InChI is InChI=1S/2C15H9FN2O3/c2*16-12-7-2-1-6-11(12)14-17-13(18-21-14)9-4-3-5-10(8-9)15(19)20/h2*1-8H,(H,19,20). The second-order valence-corrected chi connectivity index (χ2v) is 8.58. The van der Waals surface area contributed by atoms with E-state index in [1.165, 1.54) is 48.5 Å². The summed E-state index contributed by atoms with van der Waals surface area (Å²) >= 11 is 0. The van der Waals surface area contributed by atoms with Gasteiger partial charge in [0.1, 0.15) is 11.6 Å². The molecule has 0 saturated carbocycles. The van der Waals surface area contributed by atoms with Crippen molar-refractivity contribution >= 4 is 11.9 Å². The lowest BCUT2D eigenvalue weighted by atomic mass is 10.1. The maximum absolute atomic E-state index is 13.7. The van der Waals surface area contributed by atoms with Crippen LogP contribution in [0.25, 0.3) is 45.7 Å². The molecule has 4 aromatic carbocycles. The van der Waals surface area contributed by atoms with Gasteiger partial charge in [0, 0.05) is 11.1 Å². The summed E-state index contributed by atoms with van der Waals surface area (Å²) in [6.07, 6.45) is 0. The van der Waals surface area contributed by atoms with Crippen LogP contribution in [-0.2, 0) is 0 Å². The Morgan fingerprint density at radius 3 is 1.36 bits per heavy atom. The van der Waals surface area contributed by atoms with Gasteiger partial charge in [0.15, 0.2) is 0 Å². The normalized spacial score (nSPS) is 10.5. The van der Waals surface area contributed by atoms with Crippen LogP contribution in [0.15, 0.2) is 106 Å². The smallest absolute Gasteiger partial charge is 0.335 e. The number of benzene rings is 4. The molecule has 6 aromatic rings. The molecule has 0 fully saturated rings. The van der Waals surface area contributed by atoms with E-state index in [0.717, 1.165) is 0 Å². The number of halogens is 2. The van der Waals surface area contributed by atoms with Crippen LogP contribution in [0.4, 0.5) is 8.78 Å². The average Bonchev–Trinajstić information content (AvgIpc) is 3.69. The average molecular weight is 568 g/mol. The molecule has 6 rings (SSSR count). The monoisotopic (exact) mass is 568 g/mol. The maximum Gasteiger partial charge on any atom is 0.335 e. The molecule has 42 heavy (non-hydrogen) atoms. The summed E-state index contributed by atoms with van der Waals surface area (Å²) in [5.74, 6) is -2.52. The largest absolute Gasteiger partial charge is 0.478 e. The van der Waals surface area contributed by atoms with Crippen LogP contribution < -0.4 is 0 Å². The number of hydrogen-bond acceptors (Lipinski definition) is 8. The quantitative estimate of drug-likeness (QED) is 0.228. The molecule has 2 heterocycles. The molecule has 0 unspecified atom stereocenters. The SMILES string of the molecule is O=C(O)c1cccc(-c2noc(-c3ccccc3F)n2)c1.O=C(O)c1cccc(-c2noc(-c3ccccc3F)n2)c1. The number of carboxylic acid groups (broad SMARTS) is 2. The van der Waals surface area contributed by atoms with Crippen LogP contribution in [0.3, 0.4) is 0 Å². The minimum atomic E-state index is -1.05. The van der Waals surface area contributed by atoms with Crippen molar-refractivity contribution < 1.29 is 37.6 Å². The van der Waals surface area contributed by atoms with Gasteiger partial charge in [-0.2, -0.15) is 9.97 Å². The molecule has 2 aromatic heterocycles. The Bertz CT molecular complexity index is 1770. The summed E-state index contributed by atoms with van der Waals surface area (Å²) < 4.78 is 37.4. The molecular weight excluding hydrogens is 550 g/mol. The van der Waals surface area contributed by atoms with Crippen molar-refractivity contribution in [3.05, 3.63) is 120 Å². The molecule has 0 amide bonds. The summed E-state index contributed by atoms with van der Waals surface area (Å²) in [6.45, 7) is 0. The predicted octanol–water partition coefficient (Wildman–Crippen LogP) is 6.48. The molecule has 0 radical (unpaired) electrons. The van der Waals surface area contributed by atoms with Gasteiger partial charge in [-0.1, -0.05) is 58.8 Å². The Morgan fingerprint density at radius 1 is 0.571 bits per heavy atom. The molecule has 0 aliphatic rings. The number of aromatic nitrogens is 4. The second-order valence-electron chi connectivity index (χ2n) is 8.58. The van der Waals surface area contributed by atoms with E-state index in [2.05, 4.69) is 20.3 Å². The highest BCUT2D eigenvalue weighted by Crippen LogP contribution is 2.26. The van der Waals surface area contributed by atoms with Gasteiger partial charge in [-0.05, 0) is 48.5 Å². The lowest BCUT2D eigenvalue weighted by Gasteiger charge is -1.97. The summed E-state index contributed by atoms with van der Waals surface area (Å²) in [7, 11) is 0. The number of carbonyl (C=O) groups is 2. The Hall–Kier alpha value is -6.04. The number of rotatable bonds is 6. The molecule has 2 N–H and O–H groups in total. The van der Waals surface area contributed by atoms with E-state index in [4.69, 9.17) is 19.3 Å². The number of nitrogens with zero attached hydrogens (tertiary/aromatic N) is 4. The van der Waals surface area contributed by atoms with Crippen LogP contribution in [0.2, 0.25) is 0 Å². The first-order valence-corrected chi connectivity index (χ1v) is 12.1. The fourth-order valence-electron chi connectivity index (χ4n) is 3.75. The zero-order valence-electron chi connectivity index (χ0n) is 21.3. The first-order valence-electron chi connectivity index (χ1n) is 12.1. The third-order valence-corrected chi connectivity index (χ3v) is 5.80. The van der Waals surface area contributed by atoms with Gasteiger partial charge in [0.05, 0.1) is 22.3 Å². The minimum Gasteiger partial charge on any atom is -0.478 e. The van der Waals surface area contributed by atoms with E-state index in [-0.39, 0.29) is 45.7 Å². The van der Waals surface area contributed by atoms with Gasteiger partial charge in [0.2, 0.25) is 11.6 Å². The van der Waals surface area contributed by atoms with Crippen molar-refractivity contribution in [2.45, 2.75) is 0 Å². The van der Waals surface area contributed by atoms with Gasteiger partial charge < -0.3 is 19.3 Å². The van der Waals surface area contributed by atoms with E-state index in [1.54, 1.807) is 48.5 Å². The van der Waals surface area contributed by atoms with Crippen LogP contribution in [0, 0.1) is 11.6 Å². The Balaban J connectivity index is 0.000000168. The van der Waals surface area contributed by atoms with Crippen LogP contribution >= 0.6 is 0 Å². The Kier molecular flexibility index (Phi) is 7.87. The van der Waals surface area contributed by atoms with Crippen molar-refractivity contribution in [2.75, 3.05) is 0 Å². The van der Waals surface area contributed by atoms with Crippen molar-refractivity contribution in [1.82, 2.24) is 20.3 Å². The van der Waals surface area contributed by atoms with Crippen LogP contribution in [0.5, 0.6) is 0 Å². The predicted molar refractivity (Wildman–Crippen MR) is 144 cm³/mol. The van der Waals surface area contributed by atoms with Gasteiger partial charge in [0.25, 0.3) is 11.8 Å². The van der Waals surface area contributed by atoms with Gasteiger partial charge in [-0.3, -0.25) is 0 Å². The summed E-state index contributed by atoms with van der Waals surface area (Å²) in [6, 6.07) is 24.3. The van der Waals surface area contributed by atoms with E-state index in [0.29, 0.717) is 11.1 Å². The molecule has 0 spiro atoms. The molecule has 12 heteroatoms. The minimum absolute atomic E-state index is 0.0452. The number of hydrogen-bond donors (Lipinski definition) is 2. The molecule has 0 atom stereocenters. The molecule has 10 nitrogen and oxygen atoms in total. The zero-order chi connectivity index (χ0) is 29.6. The lowest BCUT2D eigenvalue weighted by Crippen LogP contribution is -1.96. The van der Waals surface area contributed by atoms with E-state index >= 15 is 0 Å². The maximum atomic E-state index is 13.7. The number of carboxylic acids is 2. The topological polar surface area (TPSA) is 152 Å². The van der Waals surface area contributed by atoms with E-state index in [1.807, 2.05) is 0 Å².